The number of aliphatic hydroxyl groups is 1. The Bertz CT molecular complexity index is 776. The molecule has 1 aromatic carbocycles. The molecule has 3 atom stereocenters. The Morgan fingerprint density at radius 3 is 1.90 bits per heavy atom. The molecule has 1 aromatic rings. The van der Waals surface area contributed by atoms with Gasteiger partial charge < -0.3 is 24.8 Å². The maximum Gasteiger partial charge on any atom is 0.432 e. The molecule has 0 aliphatic rings. The van der Waals surface area contributed by atoms with Gasteiger partial charge in [0, 0.05) is 12.7 Å². The summed E-state index contributed by atoms with van der Waals surface area (Å²) in [7, 11) is 0.633. The highest BCUT2D eigenvalue weighted by atomic mass is 19.4. The summed E-state index contributed by atoms with van der Waals surface area (Å²) in [5.41, 5.74) is -6.29. The molecule has 0 fully saturated rings. The second-order valence-corrected chi connectivity index (χ2v) is 6.91. The lowest BCUT2D eigenvalue weighted by atomic mass is 9.74. The third kappa shape index (κ3) is 4.99. The number of halogens is 3. The average molecular weight is 450 g/mol. The molecule has 0 bridgehead atoms. The Morgan fingerprint density at radius 1 is 1.03 bits per heavy atom. The topological polar surface area (TPSA) is 130 Å². The van der Waals surface area contributed by atoms with Gasteiger partial charge in [-0.25, -0.2) is 4.79 Å². The zero-order valence-electron chi connectivity index (χ0n) is 17.2. The molecular formula is C20H25F3O8. The molecule has 1 rings (SSSR count). The third-order valence-corrected chi connectivity index (χ3v) is 5.37. The molecule has 0 amide bonds. The molecule has 0 aromatic heterocycles. The first kappa shape index (κ1) is 26.4. The van der Waals surface area contributed by atoms with Gasteiger partial charge in [-0.1, -0.05) is 44.2 Å². The molecule has 3 N–H and O–H groups in total. The van der Waals surface area contributed by atoms with E-state index in [2.05, 4.69) is 4.74 Å². The van der Waals surface area contributed by atoms with Gasteiger partial charge in [0.25, 0.3) is 5.60 Å². The molecule has 8 nitrogen and oxygen atoms in total. The number of carbonyl (C=O) groups is 3. The maximum atomic E-state index is 14.1. The van der Waals surface area contributed by atoms with Crippen molar-refractivity contribution in [3.05, 3.63) is 35.9 Å². The van der Waals surface area contributed by atoms with Gasteiger partial charge in [0.05, 0.1) is 6.42 Å². The fourth-order valence-corrected chi connectivity index (χ4v) is 3.51. The number of ether oxygens (including phenoxy) is 2. The highest BCUT2D eigenvalue weighted by Crippen LogP contribution is 2.45. The van der Waals surface area contributed by atoms with Crippen molar-refractivity contribution in [1.29, 1.82) is 0 Å². The van der Waals surface area contributed by atoms with Crippen LogP contribution in [0.25, 0.3) is 0 Å². The van der Waals surface area contributed by atoms with Crippen LogP contribution in [0.5, 0.6) is 0 Å². The monoisotopic (exact) mass is 450 g/mol. The molecule has 0 heterocycles. The van der Waals surface area contributed by atoms with Gasteiger partial charge in [-0.15, -0.1) is 0 Å². The minimum Gasteiger partial charge on any atom is -0.481 e. The zero-order chi connectivity index (χ0) is 24.0. The number of aliphatic carboxylic acids is 2. The number of methoxy groups -OCH3 is 1. The number of carbonyl (C=O) groups excluding carboxylic acids is 1. The van der Waals surface area contributed by atoms with Gasteiger partial charge in [-0.2, -0.15) is 13.2 Å². The van der Waals surface area contributed by atoms with Crippen LogP contribution in [0.3, 0.4) is 0 Å². The van der Waals surface area contributed by atoms with Crippen LogP contribution in [0.1, 0.15) is 38.7 Å². The number of benzene rings is 1. The lowest BCUT2D eigenvalue weighted by molar-refractivity contribution is -0.282. The fourth-order valence-electron chi connectivity index (χ4n) is 3.51. The third-order valence-electron chi connectivity index (χ3n) is 5.37. The standard InChI is InChI=1S/C20H25F3O8/c1-4-18(5-2,16(27)28)15(13(24)11-14(25)26)31-17(29)19(30-3,20(21,22)23)12-9-7-6-8-10-12/h6-10,13,15,24H,4-5,11H2,1-3H3,(H,25,26)(H,27,28)/t13-,15+,19?/m1/s1. The van der Waals surface area contributed by atoms with Gasteiger partial charge in [0.15, 0.2) is 0 Å². The summed E-state index contributed by atoms with van der Waals surface area (Å²) in [6.45, 7) is 2.74. The van der Waals surface area contributed by atoms with E-state index in [0.29, 0.717) is 7.11 Å². The molecule has 0 radical (unpaired) electrons. The highest BCUT2D eigenvalue weighted by Gasteiger charge is 2.65. The number of aliphatic hydroxyl groups excluding tert-OH is 1. The van der Waals surface area contributed by atoms with Crippen LogP contribution in [-0.4, -0.2) is 58.7 Å². The number of hydrogen-bond acceptors (Lipinski definition) is 6. The van der Waals surface area contributed by atoms with Gasteiger partial charge >= 0.3 is 24.1 Å². The molecule has 0 saturated heterocycles. The summed E-state index contributed by atoms with van der Waals surface area (Å²) < 4.78 is 51.9. The first-order valence-corrected chi connectivity index (χ1v) is 9.35. The van der Waals surface area contributed by atoms with Crippen molar-refractivity contribution in [1.82, 2.24) is 0 Å². The summed E-state index contributed by atoms with van der Waals surface area (Å²) in [5, 5.41) is 29.0. The summed E-state index contributed by atoms with van der Waals surface area (Å²) in [6.07, 6.45) is -11.1. The Balaban J connectivity index is 3.63. The highest BCUT2D eigenvalue weighted by molar-refractivity contribution is 5.84. The van der Waals surface area contributed by atoms with Crippen LogP contribution in [0, 0.1) is 5.41 Å². The van der Waals surface area contributed by atoms with E-state index in [-0.39, 0.29) is 12.8 Å². The minimum atomic E-state index is -5.33. The molecule has 11 heteroatoms. The van der Waals surface area contributed by atoms with Crippen molar-refractivity contribution in [3.8, 4) is 0 Å². The molecule has 0 aliphatic heterocycles. The lowest BCUT2D eigenvalue weighted by Gasteiger charge is -2.40. The Labute approximate surface area is 176 Å². The van der Waals surface area contributed by atoms with Gasteiger partial charge in [-0.05, 0) is 12.8 Å². The number of carboxylic acids is 2. The Hall–Kier alpha value is -2.66. The molecule has 0 saturated carbocycles. The number of alkyl halides is 3. The van der Waals surface area contributed by atoms with Crippen molar-refractivity contribution < 1.29 is 52.3 Å². The molecule has 0 spiro atoms. The van der Waals surface area contributed by atoms with Crippen molar-refractivity contribution in [2.24, 2.45) is 5.41 Å². The van der Waals surface area contributed by atoms with Crippen LogP contribution in [0.15, 0.2) is 30.3 Å². The van der Waals surface area contributed by atoms with Crippen molar-refractivity contribution in [2.75, 3.05) is 7.11 Å². The van der Waals surface area contributed by atoms with Crippen molar-refractivity contribution in [2.45, 2.75) is 57.1 Å². The van der Waals surface area contributed by atoms with E-state index < -0.39 is 59.3 Å². The van der Waals surface area contributed by atoms with Crippen molar-refractivity contribution in [3.63, 3.8) is 0 Å². The summed E-state index contributed by atoms with van der Waals surface area (Å²) >= 11 is 0. The molecule has 31 heavy (non-hydrogen) atoms. The SMILES string of the molecule is CCC(CC)(C(=O)O)[C@@H](OC(=O)C(OC)(c1ccccc1)C(F)(F)F)[C@H](O)CC(=O)O. The van der Waals surface area contributed by atoms with Crippen LogP contribution in [0.2, 0.25) is 0 Å². The van der Waals surface area contributed by atoms with E-state index in [1.807, 2.05) is 0 Å². The fraction of sp³-hybridized carbons (Fsp3) is 0.550. The van der Waals surface area contributed by atoms with Crippen LogP contribution >= 0.6 is 0 Å². The molecule has 0 aliphatic carbocycles. The number of carboxylic acid groups (broad SMARTS) is 2. The zero-order valence-corrected chi connectivity index (χ0v) is 17.2. The van der Waals surface area contributed by atoms with E-state index in [9.17, 15) is 37.8 Å². The number of hydrogen-bond donors (Lipinski definition) is 3. The molecular weight excluding hydrogens is 425 g/mol. The van der Waals surface area contributed by atoms with Crippen LogP contribution in [0.4, 0.5) is 13.2 Å². The average Bonchev–Trinajstić information content (AvgIpc) is 2.68. The van der Waals surface area contributed by atoms with Gasteiger partial charge in [0.2, 0.25) is 0 Å². The second kappa shape index (κ2) is 10.1. The lowest BCUT2D eigenvalue weighted by Crippen LogP contribution is -2.57. The van der Waals surface area contributed by atoms with E-state index in [1.54, 1.807) is 0 Å². The smallest absolute Gasteiger partial charge is 0.432 e. The maximum absolute atomic E-state index is 14.1. The summed E-state index contributed by atoms with van der Waals surface area (Å²) in [4.78, 5) is 36.0. The first-order chi connectivity index (χ1) is 14.3. The Kier molecular flexibility index (Phi) is 8.59. The second-order valence-electron chi connectivity index (χ2n) is 6.91. The number of rotatable bonds is 11. The van der Waals surface area contributed by atoms with E-state index in [1.165, 1.54) is 32.0 Å². The van der Waals surface area contributed by atoms with E-state index in [0.717, 1.165) is 12.1 Å². The van der Waals surface area contributed by atoms with Gasteiger partial charge in [0.1, 0.15) is 17.6 Å². The number of esters is 1. The predicted octanol–water partition coefficient (Wildman–Crippen LogP) is 2.73. The van der Waals surface area contributed by atoms with Gasteiger partial charge in [-0.3, -0.25) is 9.59 Å². The van der Waals surface area contributed by atoms with Crippen molar-refractivity contribution >= 4 is 17.9 Å². The van der Waals surface area contributed by atoms with Crippen LogP contribution in [-0.2, 0) is 29.5 Å². The molecule has 1 unspecified atom stereocenters. The predicted molar refractivity (Wildman–Crippen MR) is 100.0 cm³/mol. The van der Waals surface area contributed by atoms with Crippen LogP contribution < -0.4 is 0 Å². The quantitative estimate of drug-likeness (QED) is 0.439. The van der Waals surface area contributed by atoms with E-state index in [4.69, 9.17) is 9.84 Å². The summed E-state index contributed by atoms with van der Waals surface area (Å²) in [6, 6.07) is 5.84. The Morgan fingerprint density at radius 2 is 1.55 bits per heavy atom. The minimum absolute atomic E-state index is 0.259. The first-order valence-electron chi connectivity index (χ1n) is 9.35. The molecule has 174 valence electrons. The normalized spacial score (nSPS) is 16.1. The largest absolute Gasteiger partial charge is 0.481 e. The summed E-state index contributed by atoms with van der Waals surface area (Å²) in [5.74, 6) is -5.14. The van der Waals surface area contributed by atoms with E-state index >= 15 is 0 Å².